The van der Waals surface area contributed by atoms with Crippen molar-refractivity contribution in [2.75, 3.05) is 12.0 Å². The van der Waals surface area contributed by atoms with Gasteiger partial charge in [0.05, 0.1) is 18.4 Å². The molecule has 1 heterocycles. The summed E-state index contributed by atoms with van der Waals surface area (Å²) in [5.74, 6) is 0.962. The summed E-state index contributed by atoms with van der Waals surface area (Å²) in [6, 6.07) is 21.5. The minimum atomic E-state index is -0.253. The largest absolute Gasteiger partial charge is 0.508 e. The number of aromatic hydroxyl groups is 1. The number of phenolic OH excluding ortho intramolecular Hbond substituents is 1. The first-order chi connectivity index (χ1) is 14.1. The zero-order chi connectivity index (χ0) is 20.4. The van der Waals surface area contributed by atoms with Crippen LogP contribution in [-0.4, -0.2) is 24.0 Å². The third-order valence-corrected chi connectivity index (χ3v) is 4.96. The van der Waals surface area contributed by atoms with Crippen molar-refractivity contribution in [2.45, 2.75) is 0 Å². The van der Waals surface area contributed by atoms with E-state index in [4.69, 9.17) is 4.74 Å². The van der Waals surface area contributed by atoms with Crippen LogP contribution < -0.4 is 9.64 Å². The van der Waals surface area contributed by atoms with Crippen molar-refractivity contribution in [3.8, 4) is 11.5 Å². The van der Waals surface area contributed by atoms with Crippen molar-refractivity contribution in [1.82, 2.24) is 0 Å². The predicted molar refractivity (Wildman–Crippen MR) is 117 cm³/mol. The molecule has 0 aromatic heterocycles. The number of phenols is 1. The standard InChI is InChI=1S/C23H17BrN2O3/c1-29-21-8-3-2-7-19(21)22-25-20(14-15-5-4-6-16(24)13-15)23(28)26(22)17-9-11-18(27)12-10-17/h2-14,27H,1H3/b20-14+. The summed E-state index contributed by atoms with van der Waals surface area (Å²) in [6.45, 7) is 0. The quantitative estimate of drug-likeness (QED) is 0.571. The molecule has 0 radical (unpaired) electrons. The molecule has 6 heteroatoms. The number of hydrogen-bond acceptors (Lipinski definition) is 4. The van der Waals surface area contributed by atoms with E-state index >= 15 is 0 Å². The number of aliphatic imine (C=N–C) groups is 1. The number of amides is 1. The zero-order valence-electron chi connectivity index (χ0n) is 15.5. The van der Waals surface area contributed by atoms with Crippen molar-refractivity contribution in [1.29, 1.82) is 0 Å². The lowest BCUT2D eigenvalue weighted by molar-refractivity contribution is -0.113. The fraction of sp³-hybridized carbons (Fsp3) is 0.0435. The Hall–Kier alpha value is -3.38. The van der Waals surface area contributed by atoms with Gasteiger partial charge in [-0.25, -0.2) is 4.99 Å². The van der Waals surface area contributed by atoms with Crippen LogP contribution in [0.5, 0.6) is 11.5 Å². The Morgan fingerprint density at radius 3 is 2.52 bits per heavy atom. The third kappa shape index (κ3) is 3.79. The van der Waals surface area contributed by atoms with Crippen LogP contribution in [0.3, 0.4) is 0 Å². The molecule has 0 spiro atoms. The molecule has 1 N–H and O–H groups in total. The molecule has 0 fully saturated rings. The predicted octanol–water partition coefficient (Wildman–Crippen LogP) is 5.00. The van der Waals surface area contributed by atoms with E-state index in [9.17, 15) is 9.90 Å². The molecule has 4 rings (SSSR count). The topological polar surface area (TPSA) is 62.1 Å². The molecule has 0 aliphatic carbocycles. The molecule has 0 bridgehead atoms. The first-order valence-corrected chi connectivity index (χ1v) is 9.69. The number of nitrogens with zero attached hydrogens (tertiary/aromatic N) is 2. The lowest BCUT2D eigenvalue weighted by Crippen LogP contribution is -2.32. The van der Waals surface area contributed by atoms with Gasteiger partial charge in [-0.05, 0) is 60.2 Å². The van der Waals surface area contributed by atoms with Gasteiger partial charge in [0.1, 0.15) is 17.2 Å². The molecule has 3 aromatic carbocycles. The molecule has 29 heavy (non-hydrogen) atoms. The highest BCUT2D eigenvalue weighted by Gasteiger charge is 2.33. The van der Waals surface area contributed by atoms with E-state index in [1.165, 1.54) is 4.90 Å². The number of carbonyl (C=O) groups excluding carboxylic acids is 1. The van der Waals surface area contributed by atoms with Crippen LogP contribution in [0.2, 0.25) is 0 Å². The minimum absolute atomic E-state index is 0.126. The van der Waals surface area contributed by atoms with Gasteiger partial charge < -0.3 is 9.84 Å². The molecule has 5 nitrogen and oxygen atoms in total. The maximum Gasteiger partial charge on any atom is 0.282 e. The van der Waals surface area contributed by atoms with Gasteiger partial charge in [0, 0.05) is 4.47 Å². The Labute approximate surface area is 176 Å². The van der Waals surface area contributed by atoms with Gasteiger partial charge in [0.25, 0.3) is 5.91 Å². The Bertz CT molecular complexity index is 1140. The second-order valence-electron chi connectivity index (χ2n) is 6.38. The van der Waals surface area contributed by atoms with Crippen molar-refractivity contribution in [3.63, 3.8) is 0 Å². The number of para-hydroxylation sites is 1. The van der Waals surface area contributed by atoms with E-state index < -0.39 is 0 Å². The van der Waals surface area contributed by atoms with Crippen LogP contribution in [-0.2, 0) is 4.79 Å². The van der Waals surface area contributed by atoms with Crippen molar-refractivity contribution in [3.05, 3.63) is 94.1 Å². The molecule has 3 aromatic rings. The molecule has 0 unspecified atom stereocenters. The zero-order valence-corrected chi connectivity index (χ0v) is 17.1. The highest BCUT2D eigenvalue weighted by molar-refractivity contribution is 9.10. The van der Waals surface area contributed by atoms with E-state index in [2.05, 4.69) is 20.9 Å². The molecule has 0 saturated carbocycles. The van der Waals surface area contributed by atoms with Gasteiger partial charge in [-0.3, -0.25) is 9.69 Å². The summed E-state index contributed by atoms with van der Waals surface area (Å²) in [7, 11) is 1.58. The highest BCUT2D eigenvalue weighted by Crippen LogP contribution is 2.32. The molecule has 1 aliphatic heterocycles. The number of amidine groups is 1. The van der Waals surface area contributed by atoms with Crippen LogP contribution in [0.25, 0.3) is 6.08 Å². The number of methoxy groups -OCH3 is 1. The number of halogens is 1. The Morgan fingerprint density at radius 1 is 1.03 bits per heavy atom. The summed E-state index contributed by atoms with van der Waals surface area (Å²) < 4.78 is 6.40. The van der Waals surface area contributed by atoms with Gasteiger partial charge in [0.15, 0.2) is 5.84 Å². The average molecular weight is 449 g/mol. The number of ether oxygens (including phenoxy) is 1. The summed E-state index contributed by atoms with van der Waals surface area (Å²) in [4.78, 5) is 19.5. The fourth-order valence-corrected chi connectivity index (χ4v) is 3.54. The molecule has 1 amide bonds. The molecular formula is C23H17BrN2O3. The third-order valence-electron chi connectivity index (χ3n) is 4.47. The lowest BCUT2D eigenvalue weighted by atomic mass is 10.1. The van der Waals surface area contributed by atoms with Crippen molar-refractivity contribution < 1.29 is 14.6 Å². The van der Waals surface area contributed by atoms with E-state index in [0.29, 0.717) is 28.5 Å². The number of benzene rings is 3. The maximum atomic E-state index is 13.3. The number of rotatable bonds is 4. The van der Waals surface area contributed by atoms with E-state index in [1.54, 1.807) is 37.5 Å². The van der Waals surface area contributed by atoms with Crippen LogP contribution in [0.1, 0.15) is 11.1 Å². The number of carbonyl (C=O) groups is 1. The van der Waals surface area contributed by atoms with Gasteiger partial charge >= 0.3 is 0 Å². The number of hydrogen-bond donors (Lipinski definition) is 1. The molecule has 0 atom stereocenters. The molecular weight excluding hydrogens is 432 g/mol. The average Bonchev–Trinajstić information content (AvgIpc) is 3.04. The Kier molecular flexibility index (Phi) is 5.18. The molecule has 1 aliphatic rings. The van der Waals surface area contributed by atoms with Gasteiger partial charge in [0.2, 0.25) is 0 Å². The first-order valence-electron chi connectivity index (χ1n) is 8.89. The minimum Gasteiger partial charge on any atom is -0.508 e. The SMILES string of the molecule is COc1ccccc1C1=N/C(=C/c2cccc(Br)c2)C(=O)N1c1ccc(O)cc1. The van der Waals surface area contributed by atoms with Crippen molar-refractivity contribution >= 4 is 39.4 Å². The second kappa shape index (κ2) is 7.93. The van der Waals surface area contributed by atoms with E-state index in [0.717, 1.165) is 10.0 Å². The summed E-state index contributed by atoms with van der Waals surface area (Å²) in [6.07, 6.45) is 1.75. The summed E-state index contributed by atoms with van der Waals surface area (Å²) in [5.41, 5.74) is 2.49. The molecule has 144 valence electrons. The van der Waals surface area contributed by atoms with Crippen molar-refractivity contribution in [2.24, 2.45) is 4.99 Å². The fourth-order valence-electron chi connectivity index (χ4n) is 3.12. The van der Waals surface area contributed by atoms with Crippen LogP contribution in [0, 0.1) is 0 Å². The molecule has 0 saturated heterocycles. The second-order valence-corrected chi connectivity index (χ2v) is 7.29. The maximum absolute atomic E-state index is 13.3. The lowest BCUT2D eigenvalue weighted by Gasteiger charge is -2.19. The van der Waals surface area contributed by atoms with Gasteiger partial charge in [-0.15, -0.1) is 0 Å². The summed E-state index contributed by atoms with van der Waals surface area (Å²) >= 11 is 3.45. The normalized spacial score (nSPS) is 15.0. The van der Waals surface area contributed by atoms with Crippen LogP contribution in [0.15, 0.2) is 88.0 Å². The Morgan fingerprint density at radius 2 is 1.79 bits per heavy atom. The monoisotopic (exact) mass is 448 g/mol. The smallest absolute Gasteiger partial charge is 0.282 e. The van der Waals surface area contributed by atoms with E-state index in [1.807, 2.05) is 48.5 Å². The van der Waals surface area contributed by atoms with Crippen LogP contribution in [0.4, 0.5) is 5.69 Å². The first kappa shape index (κ1) is 19.0. The Balaban J connectivity index is 1.86. The van der Waals surface area contributed by atoms with E-state index in [-0.39, 0.29) is 11.7 Å². The number of anilines is 1. The van der Waals surface area contributed by atoms with Crippen LogP contribution >= 0.6 is 15.9 Å². The highest BCUT2D eigenvalue weighted by atomic mass is 79.9. The van der Waals surface area contributed by atoms with Gasteiger partial charge in [-0.1, -0.05) is 40.2 Å². The summed E-state index contributed by atoms with van der Waals surface area (Å²) in [5, 5.41) is 9.63. The van der Waals surface area contributed by atoms with Gasteiger partial charge in [-0.2, -0.15) is 0 Å².